The van der Waals surface area contributed by atoms with E-state index in [1.165, 1.54) is 0 Å². The number of carbonyl (C=O) groups excluding carboxylic acids is 2. The third-order valence-corrected chi connectivity index (χ3v) is 7.00. The van der Waals surface area contributed by atoms with Crippen molar-refractivity contribution in [2.75, 3.05) is 44.6 Å². The Labute approximate surface area is 212 Å². The molecule has 4 nitrogen and oxygen atoms in total. The van der Waals surface area contributed by atoms with Crippen molar-refractivity contribution in [3.63, 3.8) is 0 Å². The number of piperidine rings is 1. The molecule has 3 rings (SSSR count). The fourth-order valence-corrected chi connectivity index (χ4v) is 4.64. The Morgan fingerprint density at radius 2 is 1.36 bits per heavy atom. The molecule has 1 saturated heterocycles. The van der Waals surface area contributed by atoms with E-state index in [1.807, 2.05) is 77.7 Å². The van der Waals surface area contributed by atoms with Gasteiger partial charge in [-0.15, -0.1) is 0 Å². The summed E-state index contributed by atoms with van der Waals surface area (Å²) in [7, 11) is -4.15. The van der Waals surface area contributed by atoms with Crippen molar-refractivity contribution < 1.29 is 31.6 Å². The summed E-state index contributed by atoms with van der Waals surface area (Å²) in [5.74, 6) is 1.94. The summed E-state index contributed by atoms with van der Waals surface area (Å²) in [5.41, 5.74) is 3.24. The van der Waals surface area contributed by atoms with Gasteiger partial charge in [0.2, 0.25) is 5.91 Å². The second kappa shape index (κ2) is 14.7. The molecule has 2 aromatic rings. The molecule has 0 spiro atoms. The number of ether oxygens (including phenoxy) is 1. The molecular weight excluding hydrogens is 493 g/mol. The minimum Gasteiger partial charge on any atom is -0.418 e. The van der Waals surface area contributed by atoms with Gasteiger partial charge >= 0.3 is 7.25 Å². The number of hydrogen-bond acceptors (Lipinski definition) is 3. The Kier molecular flexibility index (Phi) is 12.0. The number of ketones is 1. The van der Waals surface area contributed by atoms with E-state index in [2.05, 4.69) is 6.26 Å². The van der Waals surface area contributed by atoms with Crippen LogP contribution in [-0.4, -0.2) is 68.4 Å². The van der Waals surface area contributed by atoms with E-state index in [0.29, 0.717) is 30.7 Å². The van der Waals surface area contributed by atoms with E-state index in [9.17, 15) is 26.9 Å². The Bertz CT molecular complexity index is 979. The van der Waals surface area contributed by atoms with Gasteiger partial charge in [0.15, 0.2) is 5.78 Å². The summed E-state index contributed by atoms with van der Waals surface area (Å²) in [6, 6.07) is 19.6. The second-order valence-corrected chi connectivity index (χ2v) is 10.5. The first-order valence-corrected chi connectivity index (χ1v) is 13.3. The molecule has 2 aromatic carbocycles. The number of amides is 1. The van der Waals surface area contributed by atoms with Gasteiger partial charge in [-0.3, -0.25) is 9.59 Å². The molecule has 36 heavy (non-hydrogen) atoms. The van der Waals surface area contributed by atoms with E-state index in [1.54, 1.807) is 7.11 Å². The Morgan fingerprint density at radius 1 is 0.917 bits per heavy atom. The number of benzene rings is 2. The summed E-state index contributed by atoms with van der Waals surface area (Å²) < 4.78 is 44.1. The molecule has 1 aliphatic heterocycles. The van der Waals surface area contributed by atoms with E-state index < -0.39 is 7.25 Å². The molecule has 0 radical (unpaired) electrons. The molecule has 0 N–H and O–H groups in total. The van der Waals surface area contributed by atoms with Crippen molar-refractivity contribution in [1.82, 2.24) is 4.90 Å². The number of likely N-dealkylation sites (tertiary alicyclic amines) is 1. The normalized spacial score (nSPS) is 17.1. The van der Waals surface area contributed by atoms with Gasteiger partial charge in [0.1, 0.15) is 11.5 Å². The van der Waals surface area contributed by atoms with Crippen LogP contribution in [0.15, 0.2) is 71.8 Å². The van der Waals surface area contributed by atoms with E-state index in [4.69, 9.17) is 4.74 Å². The van der Waals surface area contributed by atoms with E-state index in [0.717, 1.165) is 29.2 Å². The van der Waals surface area contributed by atoms with Crippen LogP contribution in [0.5, 0.6) is 0 Å². The average Bonchev–Trinajstić information content (AvgIpc) is 2.84. The van der Waals surface area contributed by atoms with Crippen LogP contribution in [0.25, 0.3) is 12.2 Å². The minimum absolute atomic E-state index is 0.0205. The molecule has 1 unspecified atom stereocenters. The summed E-state index contributed by atoms with van der Waals surface area (Å²) >= 11 is 0. The number of halogens is 4. The van der Waals surface area contributed by atoms with Gasteiger partial charge in [0.05, 0.1) is 19.3 Å². The highest BCUT2D eigenvalue weighted by molar-refractivity contribution is 7.96. The molecule has 10 heteroatoms. The molecule has 0 aromatic heterocycles. The molecule has 0 bridgehead atoms. The standard InChI is InChI=1S/C26H30NO3S.BF4/c1-30-14-16-31(2)15-13-25(28)27-19-23(17-21-9-5-3-6-10-21)26(29)24(20-27)18-22-11-7-4-8-12-22;2-1(3,4)5/h3-12,17-18H,13-16,19-20H2,1-2H3;/q+1;-1/b23-17+,24-18+;. The number of hydrogen-bond donors (Lipinski definition) is 0. The zero-order valence-corrected chi connectivity index (χ0v) is 21.2. The first-order valence-electron chi connectivity index (χ1n) is 11.4. The van der Waals surface area contributed by atoms with Crippen LogP contribution in [-0.2, 0) is 25.2 Å². The van der Waals surface area contributed by atoms with Crippen LogP contribution < -0.4 is 0 Å². The molecule has 1 aliphatic rings. The van der Waals surface area contributed by atoms with Gasteiger partial charge in [-0.2, -0.15) is 0 Å². The van der Waals surface area contributed by atoms with Crippen LogP contribution in [0, 0.1) is 0 Å². The maximum absolute atomic E-state index is 13.2. The number of carbonyl (C=O) groups is 2. The maximum Gasteiger partial charge on any atom is 0.673 e. The second-order valence-electron chi connectivity index (χ2n) is 8.17. The smallest absolute Gasteiger partial charge is 0.418 e. The summed E-state index contributed by atoms with van der Waals surface area (Å²) in [6.07, 6.45) is 6.48. The monoisotopic (exact) mass is 523 g/mol. The quantitative estimate of drug-likeness (QED) is 0.208. The number of Topliss-reactive ketones (excluding diaryl/α,β-unsaturated/α-hetero) is 1. The van der Waals surface area contributed by atoms with Crippen molar-refractivity contribution in [3.05, 3.63) is 82.9 Å². The zero-order valence-electron chi connectivity index (χ0n) is 20.3. The zero-order chi connectivity index (χ0) is 26.6. The highest BCUT2D eigenvalue weighted by Gasteiger charge is 2.29. The Balaban J connectivity index is 0.000000830. The van der Waals surface area contributed by atoms with Crippen molar-refractivity contribution in [2.24, 2.45) is 0 Å². The third-order valence-electron chi connectivity index (χ3n) is 5.24. The molecule has 1 amide bonds. The van der Waals surface area contributed by atoms with Crippen LogP contribution in [0.1, 0.15) is 17.5 Å². The molecule has 0 saturated carbocycles. The fourth-order valence-electron chi connectivity index (χ4n) is 3.46. The van der Waals surface area contributed by atoms with Crippen LogP contribution in [0.2, 0.25) is 0 Å². The van der Waals surface area contributed by atoms with Gasteiger partial charge in [-0.25, -0.2) is 0 Å². The van der Waals surface area contributed by atoms with E-state index >= 15 is 0 Å². The highest BCUT2D eigenvalue weighted by Crippen LogP contribution is 2.23. The van der Waals surface area contributed by atoms with Gasteiger partial charge in [-0.1, -0.05) is 60.7 Å². The minimum atomic E-state index is -6.00. The summed E-state index contributed by atoms with van der Waals surface area (Å²) in [5, 5.41) is 0. The molecule has 0 aliphatic carbocycles. The summed E-state index contributed by atoms with van der Waals surface area (Å²) in [6.45, 7) is 1.43. The predicted octanol–water partition coefficient (Wildman–Crippen LogP) is 5.15. The topological polar surface area (TPSA) is 46.6 Å². The third kappa shape index (κ3) is 11.3. The lowest BCUT2D eigenvalue weighted by atomic mass is 9.94. The lowest BCUT2D eigenvalue weighted by Gasteiger charge is -2.30. The first-order chi connectivity index (χ1) is 17.1. The van der Waals surface area contributed by atoms with Crippen molar-refractivity contribution >= 4 is 42.0 Å². The van der Waals surface area contributed by atoms with Crippen LogP contribution in [0.3, 0.4) is 0 Å². The number of methoxy groups -OCH3 is 1. The van der Waals surface area contributed by atoms with Crippen LogP contribution in [0.4, 0.5) is 17.3 Å². The maximum atomic E-state index is 13.2. The van der Waals surface area contributed by atoms with Crippen LogP contribution >= 0.6 is 0 Å². The van der Waals surface area contributed by atoms with Gasteiger partial charge in [0, 0.05) is 31.3 Å². The van der Waals surface area contributed by atoms with E-state index in [-0.39, 0.29) is 22.6 Å². The molecular formula is C26H30BF4NO3S. The SMILES string of the molecule is COCC[S+](C)CCC(=O)N1C/C(=C\c2ccccc2)C(=O)/C(=C/c2ccccc2)C1.F[B-](F)(F)F. The largest absolute Gasteiger partial charge is 0.673 e. The van der Waals surface area contributed by atoms with Crippen molar-refractivity contribution in [1.29, 1.82) is 0 Å². The molecule has 1 fully saturated rings. The fraction of sp³-hybridized carbons (Fsp3) is 0.308. The molecule has 194 valence electrons. The summed E-state index contributed by atoms with van der Waals surface area (Å²) in [4.78, 5) is 28.0. The Hall–Kier alpha value is -2.85. The first kappa shape index (κ1) is 29.4. The van der Waals surface area contributed by atoms with Gasteiger partial charge < -0.3 is 26.9 Å². The predicted molar refractivity (Wildman–Crippen MR) is 140 cm³/mol. The average molecular weight is 523 g/mol. The van der Waals surface area contributed by atoms with Gasteiger partial charge in [-0.05, 0) is 34.2 Å². The number of nitrogens with zero attached hydrogens (tertiary/aromatic N) is 1. The van der Waals surface area contributed by atoms with Crippen molar-refractivity contribution in [2.45, 2.75) is 6.42 Å². The number of rotatable bonds is 8. The van der Waals surface area contributed by atoms with Gasteiger partial charge in [0.25, 0.3) is 0 Å². The Morgan fingerprint density at radius 3 is 1.78 bits per heavy atom. The molecule has 1 atom stereocenters. The highest BCUT2D eigenvalue weighted by atomic mass is 32.2. The van der Waals surface area contributed by atoms with Crippen molar-refractivity contribution in [3.8, 4) is 0 Å². The lowest BCUT2D eigenvalue weighted by Crippen LogP contribution is -2.42. The molecule has 1 heterocycles. The lowest BCUT2D eigenvalue weighted by molar-refractivity contribution is -0.130.